The van der Waals surface area contributed by atoms with Gasteiger partial charge in [0.25, 0.3) is 0 Å². The normalized spacial score (nSPS) is 27.6. The fourth-order valence-corrected chi connectivity index (χ4v) is 3.52. The minimum Gasteiger partial charge on any atom is -0.338 e. The van der Waals surface area contributed by atoms with Gasteiger partial charge in [-0.3, -0.25) is 9.69 Å². The molecule has 0 radical (unpaired) electrons. The van der Waals surface area contributed by atoms with E-state index in [0.717, 1.165) is 32.5 Å². The average molecular weight is 267 g/mol. The van der Waals surface area contributed by atoms with Crippen LogP contribution in [0.5, 0.6) is 0 Å². The van der Waals surface area contributed by atoms with Crippen molar-refractivity contribution in [3.8, 4) is 0 Å². The minimum atomic E-state index is 0.0804. The lowest BCUT2D eigenvalue weighted by molar-refractivity contribution is -0.138. The molecule has 1 unspecified atom stereocenters. The molecule has 0 bridgehead atoms. The number of carbonyl (C=O) groups excluding carboxylic acids is 1. The molecule has 1 atom stereocenters. The molecule has 1 heterocycles. The summed E-state index contributed by atoms with van der Waals surface area (Å²) in [6.45, 7) is 2.92. The van der Waals surface area contributed by atoms with Crippen molar-refractivity contribution >= 4 is 5.91 Å². The SMILES string of the molecule is CNCCC1C(=O)N(C2CCCCC2)CCCN1C. The first-order valence-electron chi connectivity index (χ1n) is 7.89. The summed E-state index contributed by atoms with van der Waals surface area (Å²) < 4.78 is 0. The molecule has 1 saturated carbocycles. The molecule has 4 heteroatoms. The minimum absolute atomic E-state index is 0.0804. The third-order valence-corrected chi connectivity index (χ3v) is 4.69. The summed E-state index contributed by atoms with van der Waals surface area (Å²) in [5.74, 6) is 0.377. The van der Waals surface area contributed by atoms with Gasteiger partial charge in [0, 0.05) is 19.1 Å². The van der Waals surface area contributed by atoms with Crippen molar-refractivity contribution in [2.75, 3.05) is 33.7 Å². The lowest BCUT2D eigenvalue weighted by Gasteiger charge is -2.36. The van der Waals surface area contributed by atoms with Gasteiger partial charge in [0.15, 0.2) is 0 Å². The van der Waals surface area contributed by atoms with Crippen molar-refractivity contribution in [2.24, 2.45) is 0 Å². The van der Waals surface area contributed by atoms with Gasteiger partial charge in [-0.15, -0.1) is 0 Å². The highest BCUT2D eigenvalue weighted by Crippen LogP contribution is 2.25. The molecule has 2 fully saturated rings. The summed E-state index contributed by atoms with van der Waals surface area (Å²) in [6, 6.07) is 0.599. The van der Waals surface area contributed by atoms with Crippen LogP contribution in [0, 0.1) is 0 Å². The van der Waals surface area contributed by atoms with E-state index < -0.39 is 0 Å². The third-order valence-electron chi connectivity index (χ3n) is 4.69. The number of amides is 1. The summed E-state index contributed by atoms with van der Waals surface area (Å²) in [5.41, 5.74) is 0. The Morgan fingerprint density at radius 3 is 2.58 bits per heavy atom. The van der Waals surface area contributed by atoms with Gasteiger partial charge < -0.3 is 10.2 Å². The quantitative estimate of drug-likeness (QED) is 0.837. The fraction of sp³-hybridized carbons (Fsp3) is 0.933. The van der Waals surface area contributed by atoms with Crippen molar-refractivity contribution < 1.29 is 4.79 Å². The Bertz CT molecular complexity index is 289. The maximum Gasteiger partial charge on any atom is 0.240 e. The van der Waals surface area contributed by atoms with Gasteiger partial charge in [-0.05, 0) is 46.3 Å². The maximum atomic E-state index is 12.8. The number of nitrogens with one attached hydrogen (secondary N) is 1. The smallest absolute Gasteiger partial charge is 0.240 e. The Balaban J connectivity index is 2.03. The highest BCUT2D eigenvalue weighted by atomic mass is 16.2. The molecule has 110 valence electrons. The zero-order valence-electron chi connectivity index (χ0n) is 12.5. The topological polar surface area (TPSA) is 35.6 Å². The number of rotatable bonds is 4. The van der Waals surface area contributed by atoms with Crippen LogP contribution in [0.1, 0.15) is 44.9 Å². The molecule has 4 nitrogen and oxygen atoms in total. The van der Waals surface area contributed by atoms with Crippen LogP contribution in [0.2, 0.25) is 0 Å². The summed E-state index contributed by atoms with van der Waals surface area (Å²) >= 11 is 0. The molecule has 1 amide bonds. The van der Waals surface area contributed by atoms with E-state index in [-0.39, 0.29) is 6.04 Å². The molecular weight excluding hydrogens is 238 g/mol. The Morgan fingerprint density at radius 2 is 1.89 bits per heavy atom. The summed E-state index contributed by atoms with van der Waals surface area (Å²) in [7, 11) is 4.06. The van der Waals surface area contributed by atoms with Crippen LogP contribution in [-0.2, 0) is 4.79 Å². The van der Waals surface area contributed by atoms with Crippen LogP contribution in [0.3, 0.4) is 0 Å². The molecule has 0 aromatic carbocycles. The second kappa shape index (κ2) is 7.25. The number of carbonyl (C=O) groups is 1. The van der Waals surface area contributed by atoms with Crippen molar-refractivity contribution in [3.63, 3.8) is 0 Å². The van der Waals surface area contributed by atoms with E-state index in [4.69, 9.17) is 0 Å². The maximum absolute atomic E-state index is 12.8. The van der Waals surface area contributed by atoms with E-state index in [1.165, 1.54) is 32.1 Å². The molecule has 0 spiro atoms. The Labute approximate surface area is 117 Å². The van der Waals surface area contributed by atoms with Gasteiger partial charge in [0.05, 0.1) is 6.04 Å². The zero-order valence-corrected chi connectivity index (χ0v) is 12.5. The molecule has 0 aromatic heterocycles. The first-order valence-corrected chi connectivity index (χ1v) is 7.89. The van der Waals surface area contributed by atoms with E-state index in [2.05, 4.69) is 22.2 Å². The second-order valence-corrected chi connectivity index (χ2v) is 6.07. The van der Waals surface area contributed by atoms with E-state index >= 15 is 0 Å². The van der Waals surface area contributed by atoms with E-state index in [1.54, 1.807) is 0 Å². The van der Waals surface area contributed by atoms with Gasteiger partial charge in [0.1, 0.15) is 0 Å². The predicted octanol–water partition coefficient (Wildman–Crippen LogP) is 1.46. The van der Waals surface area contributed by atoms with Gasteiger partial charge in [-0.2, -0.15) is 0 Å². The van der Waals surface area contributed by atoms with Gasteiger partial charge in [-0.25, -0.2) is 0 Å². The standard InChI is InChI=1S/C15H29N3O/c1-16-10-9-14-15(19)18(12-6-11-17(14)2)13-7-4-3-5-8-13/h13-14,16H,3-12H2,1-2H3. The first kappa shape index (κ1) is 14.8. The number of nitrogens with zero attached hydrogens (tertiary/aromatic N) is 2. The van der Waals surface area contributed by atoms with Gasteiger partial charge >= 0.3 is 0 Å². The average Bonchev–Trinajstić information content (AvgIpc) is 2.57. The second-order valence-electron chi connectivity index (χ2n) is 6.07. The molecule has 1 aliphatic heterocycles. The largest absolute Gasteiger partial charge is 0.338 e. The van der Waals surface area contributed by atoms with Crippen LogP contribution >= 0.6 is 0 Å². The van der Waals surface area contributed by atoms with E-state index in [1.807, 2.05) is 7.05 Å². The molecule has 1 saturated heterocycles. The molecule has 2 rings (SSSR count). The number of hydrogen-bond acceptors (Lipinski definition) is 3. The molecule has 0 aromatic rings. The fourth-order valence-electron chi connectivity index (χ4n) is 3.52. The summed E-state index contributed by atoms with van der Waals surface area (Å²) in [4.78, 5) is 17.3. The van der Waals surface area contributed by atoms with Crippen LogP contribution in [0.25, 0.3) is 0 Å². The summed E-state index contributed by atoms with van der Waals surface area (Å²) in [6.07, 6.45) is 8.42. The Morgan fingerprint density at radius 1 is 1.16 bits per heavy atom. The van der Waals surface area contributed by atoms with Crippen LogP contribution < -0.4 is 5.32 Å². The third kappa shape index (κ3) is 3.69. The van der Waals surface area contributed by atoms with Crippen molar-refractivity contribution in [1.29, 1.82) is 0 Å². The van der Waals surface area contributed by atoms with Crippen molar-refractivity contribution in [1.82, 2.24) is 15.1 Å². The Kier molecular flexibility index (Phi) is 5.64. The van der Waals surface area contributed by atoms with Crippen LogP contribution in [0.15, 0.2) is 0 Å². The van der Waals surface area contributed by atoms with Crippen molar-refractivity contribution in [2.45, 2.75) is 57.0 Å². The number of hydrogen-bond donors (Lipinski definition) is 1. The molecule has 1 N–H and O–H groups in total. The molecule has 19 heavy (non-hydrogen) atoms. The monoisotopic (exact) mass is 267 g/mol. The van der Waals surface area contributed by atoms with E-state index in [0.29, 0.717) is 11.9 Å². The van der Waals surface area contributed by atoms with Gasteiger partial charge in [0.2, 0.25) is 5.91 Å². The first-order chi connectivity index (χ1) is 9.24. The van der Waals surface area contributed by atoms with E-state index in [9.17, 15) is 4.79 Å². The zero-order chi connectivity index (χ0) is 13.7. The van der Waals surface area contributed by atoms with Crippen LogP contribution in [0.4, 0.5) is 0 Å². The summed E-state index contributed by atoms with van der Waals surface area (Å²) in [5, 5.41) is 3.17. The molecule has 1 aliphatic carbocycles. The predicted molar refractivity (Wildman–Crippen MR) is 78.2 cm³/mol. The van der Waals surface area contributed by atoms with Crippen LogP contribution in [-0.4, -0.2) is 61.5 Å². The molecule has 2 aliphatic rings. The molecular formula is C15H29N3O. The number of likely N-dealkylation sites (N-methyl/N-ethyl adjacent to an activating group) is 1. The Hall–Kier alpha value is -0.610. The highest BCUT2D eigenvalue weighted by Gasteiger charge is 2.34. The lowest BCUT2D eigenvalue weighted by Crippen LogP contribution is -2.49. The van der Waals surface area contributed by atoms with Gasteiger partial charge in [-0.1, -0.05) is 19.3 Å². The lowest BCUT2D eigenvalue weighted by atomic mass is 9.93. The van der Waals surface area contributed by atoms with Crippen molar-refractivity contribution in [3.05, 3.63) is 0 Å². The highest BCUT2D eigenvalue weighted by molar-refractivity contribution is 5.82.